The molecular weight excluding hydrogens is 229 g/mol. The van der Waals surface area contributed by atoms with Crippen molar-refractivity contribution in [3.8, 4) is 0 Å². The van der Waals surface area contributed by atoms with Gasteiger partial charge in [0, 0.05) is 4.91 Å². The van der Waals surface area contributed by atoms with Gasteiger partial charge in [0.05, 0.1) is 18.2 Å². The molecule has 1 rings (SSSR count). The molecule has 0 bridgehead atoms. The number of halogens is 1. The first-order valence-corrected chi connectivity index (χ1v) is 4.72. The predicted molar refractivity (Wildman–Crippen MR) is 56.8 cm³/mol. The van der Waals surface area contributed by atoms with Crippen molar-refractivity contribution in [3.05, 3.63) is 45.6 Å². The van der Waals surface area contributed by atoms with Crippen LogP contribution >= 0.6 is 0 Å². The van der Waals surface area contributed by atoms with Crippen molar-refractivity contribution in [2.45, 2.75) is 12.2 Å². The highest BCUT2D eigenvalue weighted by atomic mass is 19.1. The van der Waals surface area contributed by atoms with Gasteiger partial charge in [0.2, 0.25) is 0 Å². The number of carbonyl (C=O) groups excluding carboxylic acids is 1. The van der Waals surface area contributed by atoms with Crippen LogP contribution < -0.4 is 0 Å². The molecular formula is C10H10FN3O3. The maximum Gasteiger partial charge on any atom is 0.153 e. The van der Waals surface area contributed by atoms with Crippen molar-refractivity contribution < 1.29 is 19.4 Å². The van der Waals surface area contributed by atoms with E-state index in [1.165, 1.54) is 12.1 Å². The average Bonchev–Trinajstić information content (AvgIpc) is 2.34. The molecule has 0 radical (unpaired) electrons. The summed E-state index contributed by atoms with van der Waals surface area (Å²) in [5.74, 6) is -0.785. The monoisotopic (exact) mass is 239 g/mol. The van der Waals surface area contributed by atoms with Gasteiger partial charge >= 0.3 is 0 Å². The Morgan fingerprint density at radius 1 is 1.53 bits per heavy atom. The summed E-state index contributed by atoms with van der Waals surface area (Å²) in [6.07, 6.45) is -2.63. The minimum atomic E-state index is -1.49. The van der Waals surface area contributed by atoms with Crippen LogP contribution in [0.3, 0.4) is 0 Å². The number of rotatable bonds is 5. The largest absolute Gasteiger partial charge is 0.390 e. The first-order valence-electron chi connectivity index (χ1n) is 4.72. The van der Waals surface area contributed by atoms with E-state index in [0.29, 0.717) is 0 Å². The van der Waals surface area contributed by atoms with E-state index in [1.807, 2.05) is 0 Å². The Morgan fingerprint density at radius 2 is 2.24 bits per heavy atom. The van der Waals surface area contributed by atoms with Gasteiger partial charge in [0.15, 0.2) is 6.29 Å². The molecule has 2 N–H and O–H groups in total. The summed E-state index contributed by atoms with van der Waals surface area (Å²) >= 11 is 0. The van der Waals surface area contributed by atoms with Gasteiger partial charge in [-0.3, -0.25) is 4.79 Å². The number of nitrogens with zero attached hydrogens (tertiary/aromatic N) is 3. The van der Waals surface area contributed by atoms with Gasteiger partial charge in [-0.25, -0.2) is 4.39 Å². The fourth-order valence-electron chi connectivity index (χ4n) is 1.36. The average molecular weight is 239 g/mol. The lowest BCUT2D eigenvalue weighted by Gasteiger charge is -2.17. The third-order valence-electron chi connectivity index (χ3n) is 2.22. The fourth-order valence-corrected chi connectivity index (χ4v) is 1.36. The Bertz CT molecular complexity index is 460. The number of aliphatic hydroxyl groups excluding tert-OH is 2. The third kappa shape index (κ3) is 3.01. The summed E-state index contributed by atoms with van der Waals surface area (Å²) in [6.45, 7) is -0.369. The Hall–Kier alpha value is -1.95. The van der Waals surface area contributed by atoms with Crippen molar-refractivity contribution in [2.24, 2.45) is 5.11 Å². The number of aldehydes is 1. The SMILES string of the molecule is [N-]=[N+]=NCC(O)C(O)c1cccc(F)c1C=O. The Kier molecular flexibility index (Phi) is 4.59. The van der Waals surface area contributed by atoms with Gasteiger partial charge < -0.3 is 10.2 Å². The van der Waals surface area contributed by atoms with Gasteiger partial charge in [0.25, 0.3) is 0 Å². The van der Waals surface area contributed by atoms with Crippen molar-refractivity contribution in [1.29, 1.82) is 0 Å². The Morgan fingerprint density at radius 3 is 2.82 bits per heavy atom. The second kappa shape index (κ2) is 5.95. The summed E-state index contributed by atoms with van der Waals surface area (Å²) in [7, 11) is 0. The van der Waals surface area contributed by atoms with Gasteiger partial charge in [-0.2, -0.15) is 0 Å². The van der Waals surface area contributed by atoms with Crippen LogP contribution in [0.25, 0.3) is 10.4 Å². The Balaban J connectivity index is 3.02. The van der Waals surface area contributed by atoms with Gasteiger partial charge in [-0.05, 0) is 17.2 Å². The highest BCUT2D eigenvalue weighted by Crippen LogP contribution is 2.22. The van der Waals surface area contributed by atoms with Gasteiger partial charge in [-0.15, -0.1) is 0 Å². The lowest BCUT2D eigenvalue weighted by atomic mass is 9.99. The number of aliphatic hydroxyl groups is 2. The van der Waals surface area contributed by atoms with Gasteiger partial charge in [-0.1, -0.05) is 17.2 Å². The molecule has 0 aliphatic heterocycles. The van der Waals surface area contributed by atoms with E-state index in [4.69, 9.17) is 5.53 Å². The van der Waals surface area contributed by atoms with E-state index in [1.54, 1.807) is 0 Å². The second-order valence-corrected chi connectivity index (χ2v) is 3.29. The van der Waals surface area contributed by atoms with E-state index < -0.39 is 18.0 Å². The summed E-state index contributed by atoms with van der Waals surface area (Å²) in [4.78, 5) is 13.1. The van der Waals surface area contributed by atoms with Crippen LogP contribution in [0.15, 0.2) is 23.3 Å². The molecule has 90 valence electrons. The highest BCUT2D eigenvalue weighted by molar-refractivity contribution is 5.77. The van der Waals surface area contributed by atoms with Crippen LogP contribution in [0, 0.1) is 5.82 Å². The van der Waals surface area contributed by atoms with Crippen molar-refractivity contribution in [1.82, 2.24) is 0 Å². The molecule has 2 atom stereocenters. The molecule has 0 aromatic heterocycles. The molecule has 17 heavy (non-hydrogen) atoms. The predicted octanol–water partition coefficient (Wildman–Crippen LogP) is 1.34. The molecule has 0 spiro atoms. The molecule has 0 heterocycles. The number of benzene rings is 1. The first kappa shape index (κ1) is 13.1. The zero-order valence-corrected chi connectivity index (χ0v) is 8.69. The van der Waals surface area contributed by atoms with E-state index in [0.717, 1.165) is 6.07 Å². The second-order valence-electron chi connectivity index (χ2n) is 3.29. The smallest absolute Gasteiger partial charge is 0.153 e. The molecule has 0 saturated heterocycles. The van der Waals surface area contributed by atoms with Crippen molar-refractivity contribution in [3.63, 3.8) is 0 Å². The molecule has 0 aliphatic rings. The highest BCUT2D eigenvalue weighted by Gasteiger charge is 2.21. The van der Waals surface area contributed by atoms with Crippen LogP contribution in [0.2, 0.25) is 0 Å². The first-order chi connectivity index (χ1) is 8.11. The van der Waals surface area contributed by atoms with Crippen LogP contribution in [0.5, 0.6) is 0 Å². The summed E-state index contributed by atoms with van der Waals surface area (Å²) in [6, 6.07) is 3.69. The number of hydrogen-bond donors (Lipinski definition) is 2. The summed E-state index contributed by atoms with van der Waals surface area (Å²) < 4.78 is 13.2. The third-order valence-corrected chi connectivity index (χ3v) is 2.22. The molecule has 0 aliphatic carbocycles. The zero-order valence-electron chi connectivity index (χ0n) is 8.69. The molecule has 6 nitrogen and oxygen atoms in total. The molecule has 2 unspecified atom stereocenters. The van der Waals surface area contributed by atoms with Crippen LogP contribution in [-0.4, -0.2) is 29.1 Å². The van der Waals surface area contributed by atoms with Crippen LogP contribution in [0.1, 0.15) is 22.0 Å². The normalized spacial score (nSPS) is 13.6. The van der Waals surface area contributed by atoms with Gasteiger partial charge in [0.1, 0.15) is 11.9 Å². The molecule has 0 amide bonds. The zero-order chi connectivity index (χ0) is 12.8. The quantitative estimate of drug-likeness (QED) is 0.350. The van der Waals surface area contributed by atoms with E-state index in [-0.39, 0.29) is 24.0 Å². The topological polar surface area (TPSA) is 106 Å². The minimum absolute atomic E-state index is 0.0411. The standard InChI is InChI=1S/C10H10FN3O3/c11-8-3-1-2-6(7(8)5-15)10(17)9(16)4-13-14-12/h1-3,5,9-10,16-17H,4H2. The van der Waals surface area contributed by atoms with Crippen molar-refractivity contribution in [2.75, 3.05) is 6.54 Å². The maximum atomic E-state index is 13.2. The van der Waals surface area contributed by atoms with Crippen LogP contribution in [-0.2, 0) is 0 Å². The molecule has 1 aromatic carbocycles. The van der Waals surface area contributed by atoms with E-state index >= 15 is 0 Å². The number of azide groups is 1. The van der Waals surface area contributed by atoms with E-state index in [9.17, 15) is 19.4 Å². The summed E-state index contributed by atoms with van der Waals surface area (Å²) in [5.41, 5.74) is 7.70. The number of hydrogen-bond acceptors (Lipinski definition) is 4. The maximum absolute atomic E-state index is 13.2. The van der Waals surface area contributed by atoms with E-state index in [2.05, 4.69) is 10.0 Å². The molecule has 0 saturated carbocycles. The van der Waals surface area contributed by atoms with Crippen LogP contribution in [0.4, 0.5) is 4.39 Å². The lowest BCUT2D eigenvalue weighted by molar-refractivity contribution is 0.0238. The van der Waals surface area contributed by atoms with Crippen molar-refractivity contribution >= 4 is 6.29 Å². The minimum Gasteiger partial charge on any atom is -0.390 e. The Labute approximate surface area is 95.9 Å². The fraction of sp³-hybridized carbons (Fsp3) is 0.300. The number of carbonyl (C=O) groups is 1. The molecule has 7 heteroatoms. The molecule has 1 aromatic rings. The lowest BCUT2D eigenvalue weighted by Crippen LogP contribution is -2.22. The summed E-state index contributed by atoms with van der Waals surface area (Å²) in [5, 5.41) is 22.2. The molecule has 0 fully saturated rings.